The van der Waals surface area contributed by atoms with Gasteiger partial charge < -0.3 is 9.71 Å². The second-order valence-electron chi connectivity index (χ2n) is 9.10. The summed E-state index contributed by atoms with van der Waals surface area (Å²) in [5.74, 6) is 0.00310. The maximum absolute atomic E-state index is 15.6. The third-order valence-corrected chi connectivity index (χ3v) is 7.90. The molecule has 40 heavy (non-hydrogen) atoms. The van der Waals surface area contributed by atoms with Crippen molar-refractivity contribution < 1.29 is 31.0 Å². The number of benzene rings is 3. The minimum atomic E-state index is -4.61. The zero-order valence-corrected chi connectivity index (χ0v) is 21.6. The van der Waals surface area contributed by atoms with Crippen LogP contribution in [0.3, 0.4) is 0 Å². The van der Waals surface area contributed by atoms with E-state index >= 15 is 4.39 Å². The summed E-state index contributed by atoms with van der Waals surface area (Å²) in [5.41, 5.74) is 0.479. The van der Waals surface area contributed by atoms with Crippen LogP contribution in [0.15, 0.2) is 84.0 Å². The number of ketones is 1. The number of hydrogen-bond donors (Lipinski definition) is 2. The van der Waals surface area contributed by atoms with E-state index in [1.807, 2.05) is 31.2 Å². The van der Waals surface area contributed by atoms with Gasteiger partial charge in [0.15, 0.2) is 5.82 Å². The van der Waals surface area contributed by atoms with Gasteiger partial charge in [-0.2, -0.15) is 13.2 Å². The number of pyridine rings is 1. The summed E-state index contributed by atoms with van der Waals surface area (Å²) in [6.45, 7) is 1.94. The summed E-state index contributed by atoms with van der Waals surface area (Å²) in [7, 11) is -3.59. The Morgan fingerprint density at radius 1 is 0.975 bits per heavy atom. The summed E-state index contributed by atoms with van der Waals surface area (Å²) >= 11 is 0. The van der Waals surface area contributed by atoms with Gasteiger partial charge in [0.2, 0.25) is 5.78 Å². The van der Waals surface area contributed by atoms with Crippen LogP contribution in [0.25, 0.3) is 22.2 Å². The molecule has 0 saturated heterocycles. The molecule has 0 aliphatic heterocycles. The third kappa shape index (κ3) is 5.07. The summed E-state index contributed by atoms with van der Waals surface area (Å²) in [4.78, 5) is 20.4. The minimum absolute atomic E-state index is 0.0375. The van der Waals surface area contributed by atoms with Gasteiger partial charge in [0.05, 0.1) is 26.5 Å². The van der Waals surface area contributed by atoms with Gasteiger partial charge in [0.1, 0.15) is 11.5 Å². The molecule has 5 aromatic rings. The number of fused-ring (bicyclic) bond motifs is 1. The van der Waals surface area contributed by atoms with Gasteiger partial charge in [-0.3, -0.25) is 4.79 Å². The lowest BCUT2D eigenvalue weighted by molar-refractivity contribution is -0.137. The predicted octanol–water partition coefficient (Wildman–Crippen LogP) is 7.17. The molecule has 2 heterocycles. The fourth-order valence-electron chi connectivity index (χ4n) is 4.17. The van der Waals surface area contributed by atoms with E-state index in [4.69, 9.17) is 0 Å². The summed E-state index contributed by atoms with van der Waals surface area (Å²) in [6.07, 6.45) is -1.70. The molecule has 1 unspecified atom stereocenters. The van der Waals surface area contributed by atoms with Gasteiger partial charge in [-0.1, -0.05) is 29.8 Å². The van der Waals surface area contributed by atoms with Crippen LogP contribution < -0.4 is 4.72 Å². The number of nitrogens with zero attached hydrogens (tertiary/aromatic N) is 1. The number of halogens is 5. The van der Waals surface area contributed by atoms with Crippen molar-refractivity contribution in [2.75, 3.05) is 4.72 Å². The van der Waals surface area contributed by atoms with Gasteiger partial charge in [-0.25, -0.2) is 18.0 Å². The Bertz CT molecular complexity index is 1860. The van der Waals surface area contributed by atoms with Crippen molar-refractivity contribution in [3.05, 3.63) is 113 Å². The van der Waals surface area contributed by atoms with Gasteiger partial charge >= 0.3 is 6.18 Å². The van der Waals surface area contributed by atoms with Crippen LogP contribution in [0.1, 0.15) is 27.0 Å². The average Bonchev–Trinajstić information content (AvgIpc) is 3.34. The minimum Gasteiger partial charge on any atom is -0.345 e. The Hall–Kier alpha value is -4.51. The first-order valence-electron chi connectivity index (χ1n) is 11.7. The zero-order valence-electron chi connectivity index (χ0n) is 20.8. The maximum atomic E-state index is 15.6. The van der Waals surface area contributed by atoms with Gasteiger partial charge in [-0.15, -0.1) is 0 Å². The molecule has 11 heteroatoms. The van der Waals surface area contributed by atoms with E-state index < -0.39 is 50.1 Å². The number of H-pyrrole nitrogens is 1. The zero-order chi connectivity index (χ0) is 28.8. The second kappa shape index (κ2) is 9.91. The van der Waals surface area contributed by atoms with E-state index in [1.165, 1.54) is 6.20 Å². The Balaban J connectivity index is 1.50. The smallest absolute Gasteiger partial charge is 0.345 e. The van der Waals surface area contributed by atoms with E-state index in [0.29, 0.717) is 28.7 Å². The van der Waals surface area contributed by atoms with Gasteiger partial charge in [0, 0.05) is 33.8 Å². The van der Waals surface area contributed by atoms with Crippen LogP contribution in [-0.2, 0) is 15.9 Å². The molecule has 204 valence electrons. The van der Waals surface area contributed by atoms with Crippen LogP contribution in [0.2, 0.25) is 0 Å². The van der Waals surface area contributed by atoms with E-state index in [-0.39, 0.29) is 10.5 Å². The third-order valence-electron chi connectivity index (χ3n) is 6.32. The molecule has 0 aliphatic rings. The van der Waals surface area contributed by atoms with Crippen LogP contribution in [0, 0.1) is 18.6 Å². The predicted molar refractivity (Wildman–Crippen MR) is 145 cm³/mol. The van der Waals surface area contributed by atoms with Crippen molar-refractivity contribution in [1.29, 1.82) is 0 Å². The fraction of sp³-hybridized carbons (Fsp3) is 0.0690. The average molecular weight is 570 g/mol. The van der Waals surface area contributed by atoms with Gasteiger partial charge in [0.25, 0.3) is 0 Å². The Labute approximate surface area is 225 Å². The number of aromatic amines is 1. The lowest BCUT2D eigenvalue weighted by atomic mass is 9.99. The summed E-state index contributed by atoms with van der Waals surface area (Å²) in [6, 6.07) is 14.4. The molecule has 0 radical (unpaired) electrons. The highest BCUT2D eigenvalue weighted by Crippen LogP contribution is 2.32. The number of anilines is 1. The molecule has 0 amide bonds. The second-order valence-corrected chi connectivity index (χ2v) is 11.1. The molecular weight excluding hydrogens is 549 g/mol. The molecule has 0 spiro atoms. The molecule has 2 N–H and O–H groups in total. The molecule has 0 fully saturated rings. The van der Waals surface area contributed by atoms with Crippen molar-refractivity contribution in [3.63, 3.8) is 0 Å². The van der Waals surface area contributed by atoms with Crippen LogP contribution >= 0.6 is 0 Å². The Morgan fingerprint density at radius 3 is 2.30 bits per heavy atom. The number of nitrogens with one attached hydrogen (secondary N) is 2. The van der Waals surface area contributed by atoms with Crippen molar-refractivity contribution >= 4 is 38.1 Å². The lowest BCUT2D eigenvalue weighted by Gasteiger charge is -2.16. The monoisotopic (exact) mass is 569 g/mol. The highest BCUT2D eigenvalue weighted by Gasteiger charge is 2.30. The number of carbonyl (C=O) groups is 1. The first-order chi connectivity index (χ1) is 18.8. The standard InChI is InChI=1S/C29H20F5N3O2S/c1-16-3-5-17(6-4-16)18-13-21-22(15-36-28(21)35-14-18)27(38)25-23(30)11-12-24(26(25)31)37-40(2,39)20-9-7-19(8-10-20)29(32,33)34/h3-15H,2H2,1H3,(H,35,36)(H,37,39). The lowest BCUT2D eigenvalue weighted by Crippen LogP contribution is -2.16. The van der Waals surface area contributed by atoms with E-state index in [0.717, 1.165) is 35.4 Å². The Morgan fingerprint density at radius 2 is 1.65 bits per heavy atom. The molecule has 5 nitrogen and oxygen atoms in total. The maximum Gasteiger partial charge on any atom is 0.416 e. The molecule has 0 bridgehead atoms. The van der Waals surface area contributed by atoms with E-state index in [2.05, 4.69) is 20.6 Å². The SMILES string of the molecule is C=S(=O)(Nc1ccc(F)c(C(=O)c2c[nH]c3ncc(-c4ccc(C)cc4)cc23)c1F)c1ccc(C(F)(F)F)cc1. The first kappa shape index (κ1) is 27.1. The summed E-state index contributed by atoms with van der Waals surface area (Å²) in [5, 5.41) is 0.339. The van der Waals surface area contributed by atoms with Crippen LogP contribution in [0.4, 0.5) is 27.6 Å². The highest BCUT2D eigenvalue weighted by atomic mass is 32.2. The van der Waals surface area contributed by atoms with Gasteiger partial charge in [-0.05, 0) is 60.8 Å². The van der Waals surface area contributed by atoms with Crippen molar-refractivity contribution in [2.45, 2.75) is 18.0 Å². The molecule has 3 aromatic carbocycles. The van der Waals surface area contributed by atoms with Crippen molar-refractivity contribution in [1.82, 2.24) is 9.97 Å². The number of aryl methyl sites for hydroxylation is 1. The van der Waals surface area contributed by atoms with Crippen molar-refractivity contribution in [3.8, 4) is 11.1 Å². The van der Waals surface area contributed by atoms with Crippen LogP contribution in [0.5, 0.6) is 0 Å². The van der Waals surface area contributed by atoms with Crippen molar-refractivity contribution in [2.24, 2.45) is 0 Å². The number of aromatic nitrogens is 2. The molecule has 0 aliphatic carbocycles. The normalized spacial score (nSPS) is 13.2. The largest absolute Gasteiger partial charge is 0.416 e. The molecule has 2 aromatic heterocycles. The number of carbonyl (C=O) groups excluding carboxylic acids is 1. The number of alkyl halides is 3. The molecule has 5 rings (SSSR count). The topological polar surface area (TPSA) is 74.8 Å². The molecular formula is C29H20F5N3O2S. The Kier molecular flexibility index (Phi) is 6.70. The number of hydrogen-bond acceptors (Lipinski definition) is 3. The van der Waals surface area contributed by atoms with E-state index in [1.54, 1.807) is 12.3 Å². The van der Waals surface area contributed by atoms with E-state index in [9.17, 15) is 26.6 Å². The highest BCUT2D eigenvalue weighted by molar-refractivity contribution is 8.01. The summed E-state index contributed by atoms with van der Waals surface area (Å²) < 4.78 is 84.6. The van der Waals surface area contributed by atoms with Crippen LogP contribution in [-0.4, -0.2) is 25.8 Å². The fourth-order valence-corrected chi connectivity index (χ4v) is 5.38. The molecule has 1 atom stereocenters. The number of rotatable bonds is 6. The molecule has 0 saturated carbocycles. The quantitative estimate of drug-likeness (QED) is 0.129. The first-order valence-corrected chi connectivity index (χ1v) is 13.5.